The third-order valence-electron chi connectivity index (χ3n) is 14.7. The predicted octanol–water partition coefficient (Wildman–Crippen LogP) is 10.4. The summed E-state index contributed by atoms with van der Waals surface area (Å²) in [6.45, 7) is 4.50. The van der Waals surface area contributed by atoms with Gasteiger partial charge in [-0.3, -0.25) is 0 Å². The van der Waals surface area contributed by atoms with Gasteiger partial charge in [0.2, 0.25) is 0 Å². The molecule has 0 atom stereocenters. The van der Waals surface area contributed by atoms with Crippen LogP contribution in [-0.2, 0) is 0 Å². The number of aryl methyl sites for hydroxylation is 2. The van der Waals surface area contributed by atoms with Gasteiger partial charge in [-0.05, 0) is 101 Å². The van der Waals surface area contributed by atoms with Crippen LogP contribution in [0, 0.1) is 13.8 Å². The molecule has 0 saturated heterocycles. The van der Waals surface area contributed by atoms with E-state index in [0.29, 0.717) is 0 Å². The molecule has 7 heterocycles. The number of anilines is 6. The van der Waals surface area contributed by atoms with Crippen molar-refractivity contribution >= 4 is 146 Å². The molecule has 0 saturated carbocycles. The number of hydrogen-bond donors (Lipinski definition) is 0. The van der Waals surface area contributed by atoms with Crippen molar-refractivity contribution in [3.05, 3.63) is 175 Å². The number of furan rings is 2. The Bertz CT molecular complexity index is 3830. The Balaban J connectivity index is 1.14. The van der Waals surface area contributed by atoms with Crippen molar-refractivity contribution < 1.29 is 8.83 Å². The summed E-state index contributed by atoms with van der Waals surface area (Å²) in [5.74, 6) is 0. The molecule has 0 radical (unpaired) electrons. The minimum absolute atomic E-state index is 0.0253. The maximum Gasteiger partial charge on any atom is 0.252 e. The van der Waals surface area contributed by atoms with E-state index in [9.17, 15) is 0 Å². The van der Waals surface area contributed by atoms with Crippen LogP contribution >= 0.6 is 0 Å². The molecular formula is C56H33B2N3O2. The first kappa shape index (κ1) is 32.8. The highest BCUT2D eigenvalue weighted by molar-refractivity contribution is 7.04. The van der Waals surface area contributed by atoms with Gasteiger partial charge in [0.15, 0.2) is 0 Å². The number of rotatable bonds is 2. The standard InChI is InChI=1S/C56H33B2N3O2/c1-30-21-38-39-22-31(2)24-43-55(39)61-54(38)42(23-30)57-40-25-36-34-17-9-11-19-48(34)62-50(36)28-44(40)59(32-13-5-3-6-14-32)46-27-47-53(56(61)52(46)57)58(43)41-26-37-35-18-10-12-20-49(35)63-51(37)29-45(41)60(47)33-15-7-4-8-16-33/h3-29H,1-2H3. The Morgan fingerprint density at radius 2 is 0.810 bits per heavy atom. The number of nitrogens with zero attached hydrogens (tertiary/aromatic N) is 3. The van der Waals surface area contributed by atoms with Crippen molar-refractivity contribution in [2.75, 3.05) is 9.80 Å². The van der Waals surface area contributed by atoms with Gasteiger partial charge in [0.1, 0.15) is 22.3 Å². The fraction of sp³-hybridized carbons (Fsp3) is 0.0357. The highest BCUT2D eigenvalue weighted by Crippen LogP contribution is 2.49. The van der Waals surface area contributed by atoms with Crippen LogP contribution in [0.1, 0.15) is 11.1 Å². The molecule has 3 aromatic heterocycles. The van der Waals surface area contributed by atoms with Gasteiger partial charge in [0.05, 0.1) is 0 Å². The summed E-state index contributed by atoms with van der Waals surface area (Å²) < 4.78 is 16.1. The number of para-hydroxylation sites is 4. The molecule has 0 amide bonds. The minimum Gasteiger partial charge on any atom is -0.456 e. The monoisotopic (exact) mass is 801 g/mol. The summed E-state index contributed by atoms with van der Waals surface area (Å²) in [6.07, 6.45) is 0. The Morgan fingerprint density at radius 3 is 1.29 bits per heavy atom. The minimum atomic E-state index is -0.0253. The lowest BCUT2D eigenvalue weighted by molar-refractivity contribution is 0.668. The second kappa shape index (κ2) is 11.1. The Morgan fingerprint density at radius 1 is 0.365 bits per heavy atom. The summed E-state index contributed by atoms with van der Waals surface area (Å²) in [4.78, 5) is 5.04. The first-order chi connectivity index (χ1) is 31.1. The first-order valence-electron chi connectivity index (χ1n) is 22.0. The zero-order valence-corrected chi connectivity index (χ0v) is 34.4. The van der Waals surface area contributed by atoms with Gasteiger partial charge in [-0.1, -0.05) is 108 Å². The van der Waals surface area contributed by atoms with E-state index in [2.05, 4.69) is 192 Å². The number of benzene rings is 9. The van der Waals surface area contributed by atoms with Crippen LogP contribution in [-0.4, -0.2) is 18.0 Å². The average molecular weight is 802 g/mol. The molecule has 0 fully saturated rings. The van der Waals surface area contributed by atoms with Crippen LogP contribution in [0.25, 0.3) is 71.4 Å². The summed E-state index contributed by atoms with van der Waals surface area (Å²) in [7, 11) is 0. The molecule has 290 valence electrons. The molecule has 4 aliphatic rings. The maximum absolute atomic E-state index is 6.70. The van der Waals surface area contributed by atoms with Crippen molar-refractivity contribution in [1.29, 1.82) is 0 Å². The van der Waals surface area contributed by atoms with E-state index in [1.165, 1.54) is 82.8 Å². The van der Waals surface area contributed by atoms with Gasteiger partial charge in [0, 0.05) is 95.3 Å². The average Bonchev–Trinajstić information content (AvgIpc) is 3.97. The van der Waals surface area contributed by atoms with Gasteiger partial charge in [-0.25, -0.2) is 0 Å². The zero-order chi connectivity index (χ0) is 41.0. The number of aromatic nitrogens is 1. The molecular weight excluding hydrogens is 768 g/mol. The van der Waals surface area contributed by atoms with Gasteiger partial charge < -0.3 is 23.2 Å². The number of fused-ring (bicyclic) bond motifs is 13. The third-order valence-corrected chi connectivity index (χ3v) is 14.7. The molecule has 0 unspecified atom stereocenters. The summed E-state index contributed by atoms with van der Waals surface area (Å²) in [6, 6.07) is 60.7. The van der Waals surface area contributed by atoms with Gasteiger partial charge in [-0.2, -0.15) is 0 Å². The smallest absolute Gasteiger partial charge is 0.252 e. The van der Waals surface area contributed by atoms with Crippen molar-refractivity contribution in [1.82, 2.24) is 4.57 Å². The van der Waals surface area contributed by atoms with E-state index >= 15 is 0 Å². The van der Waals surface area contributed by atoms with Crippen molar-refractivity contribution in [2.45, 2.75) is 13.8 Å². The SMILES string of the molecule is Cc1cc2c3c(c1)c1cc(C)cc4c1n3-c1c3c(cc5c1B4c1cc4c(cc1N5c1ccccc1)oc1ccccc14)N(c1ccccc1)c1cc4oc5ccccc5c4cc1B32. The van der Waals surface area contributed by atoms with Crippen LogP contribution in [0.2, 0.25) is 0 Å². The summed E-state index contributed by atoms with van der Waals surface area (Å²) >= 11 is 0. The lowest BCUT2D eigenvalue weighted by atomic mass is 9.29. The van der Waals surface area contributed by atoms with E-state index in [-0.39, 0.29) is 13.4 Å². The maximum atomic E-state index is 6.70. The van der Waals surface area contributed by atoms with Crippen LogP contribution in [0.3, 0.4) is 0 Å². The third kappa shape index (κ3) is 3.90. The lowest BCUT2D eigenvalue weighted by Crippen LogP contribution is -2.67. The molecule has 0 spiro atoms. The van der Waals surface area contributed by atoms with E-state index in [1.54, 1.807) is 0 Å². The van der Waals surface area contributed by atoms with Gasteiger partial charge in [-0.15, -0.1) is 0 Å². The van der Waals surface area contributed by atoms with Crippen molar-refractivity contribution in [3.8, 4) is 5.69 Å². The van der Waals surface area contributed by atoms with Crippen LogP contribution in [0.5, 0.6) is 0 Å². The Hall–Kier alpha value is -7.89. The molecule has 0 N–H and O–H groups in total. The molecule has 12 aromatic rings. The molecule has 63 heavy (non-hydrogen) atoms. The molecule has 0 aliphatic carbocycles. The fourth-order valence-electron chi connectivity index (χ4n) is 12.5. The topological polar surface area (TPSA) is 37.7 Å². The lowest BCUT2D eigenvalue weighted by Gasteiger charge is -2.46. The van der Waals surface area contributed by atoms with Gasteiger partial charge >= 0.3 is 0 Å². The van der Waals surface area contributed by atoms with Crippen LogP contribution in [0.15, 0.2) is 173 Å². The molecule has 9 aromatic carbocycles. The van der Waals surface area contributed by atoms with E-state index < -0.39 is 0 Å². The number of hydrogen-bond acceptors (Lipinski definition) is 4. The van der Waals surface area contributed by atoms with Crippen LogP contribution in [0.4, 0.5) is 34.1 Å². The Labute approximate surface area is 362 Å². The quantitative estimate of drug-likeness (QED) is 0.163. The summed E-state index contributed by atoms with van der Waals surface area (Å²) in [5, 5.41) is 7.24. The second-order valence-corrected chi connectivity index (χ2v) is 18.1. The van der Waals surface area contributed by atoms with E-state index in [0.717, 1.165) is 66.6 Å². The molecule has 0 bridgehead atoms. The molecule has 4 aliphatic heterocycles. The van der Waals surface area contributed by atoms with Crippen molar-refractivity contribution in [2.24, 2.45) is 0 Å². The normalized spacial score (nSPS) is 14.1. The first-order valence-corrected chi connectivity index (χ1v) is 22.0. The predicted molar refractivity (Wildman–Crippen MR) is 263 cm³/mol. The van der Waals surface area contributed by atoms with E-state index in [1.807, 2.05) is 0 Å². The molecule has 16 rings (SSSR count). The van der Waals surface area contributed by atoms with Gasteiger partial charge in [0.25, 0.3) is 13.4 Å². The molecule has 7 heteroatoms. The highest BCUT2D eigenvalue weighted by Gasteiger charge is 2.50. The Kier molecular flexibility index (Phi) is 5.80. The zero-order valence-electron chi connectivity index (χ0n) is 34.4. The molecule has 5 nitrogen and oxygen atoms in total. The van der Waals surface area contributed by atoms with Crippen molar-refractivity contribution in [3.63, 3.8) is 0 Å². The van der Waals surface area contributed by atoms with Crippen LogP contribution < -0.4 is 42.6 Å². The highest BCUT2D eigenvalue weighted by atomic mass is 16.3. The fourth-order valence-corrected chi connectivity index (χ4v) is 12.5. The van der Waals surface area contributed by atoms with E-state index in [4.69, 9.17) is 8.83 Å². The largest absolute Gasteiger partial charge is 0.456 e. The second-order valence-electron chi connectivity index (χ2n) is 18.1. The summed E-state index contributed by atoms with van der Waals surface area (Å²) in [5.41, 5.74) is 25.1.